The Labute approximate surface area is 92.1 Å². The first-order valence-corrected chi connectivity index (χ1v) is 5.39. The number of hydrogen-bond donors (Lipinski definition) is 2. The average Bonchev–Trinajstić information content (AvgIpc) is 2.17. The molecule has 1 amide bonds. The third-order valence-electron chi connectivity index (χ3n) is 1.78. The van der Waals surface area contributed by atoms with Crippen LogP contribution in [0.4, 0.5) is 0 Å². The van der Waals surface area contributed by atoms with Gasteiger partial charge in [0.05, 0.1) is 12.9 Å². The number of carbonyl (C=O) groups excluding carboxylic acids is 1. The van der Waals surface area contributed by atoms with E-state index in [0.29, 0.717) is 25.6 Å². The lowest BCUT2D eigenvalue weighted by atomic mass is 10.3. The van der Waals surface area contributed by atoms with E-state index in [1.54, 1.807) is 0 Å². The fourth-order valence-electron chi connectivity index (χ4n) is 1.03. The quantitative estimate of drug-likeness (QED) is 0.445. The molecule has 0 aliphatic carbocycles. The summed E-state index contributed by atoms with van der Waals surface area (Å²) < 4.78 is 4.93. The Bertz CT molecular complexity index is 181. The fraction of sp³-hybridized carbons (Fsp3) is 0.727. The topological polar surface area (TPSA) is 50.4 Å². The van der Waals surface area contributed by atoms with Crippen LogP contribution in [0.25, 0.3) is 0 Å². The summed E-state index contributed by atoms with van der Waals surface area (Å²) in [5, 5.41) is 6.01. The van der Waals surface area contributed by atoms with Crippen molar-refractivity contribution < 1.29 is 9.53 Å². The molecule has 0 atom stereocenters. The van der Waals surface area contributed by atoms with Crippen molar-refractivity contribution in [2.45, 2.75) is 32.7 Å². The zero-order valence-electron chi connectivity index (χ0n) is 9.71. The maximum atomic E-state index is 11.2. The molecule has 0 aliphatic rings. The summed E-state index contributed by atoms with van der Waals surface area (Å²) in [6, 6.07) is 0.429. The van der Waals surface area contributed by atoms with Crippen molar-refractivity contribution in [3.8, 4) is 0 Å². The van der Waals surface area contributed by atoms with E-state index in [4.69, 9.17) is 4.74 Å². The first-order valence-electron chi connectivity index (χ1n) is 5.39. The second kappa shape index (κ2) is 9.52. The Morgan fingerprint density at radius 2 is 2.20 bits per heavy atom. The summed E-state index contributed by atoms with van der Waals surface area (Å²) in [5.41, 5.74) is 0. The van der Waals surface area contributed by atoms with Gasteiger partial charge in [0, 0.05) is 25.6 Å². The van der Waals surface area contributed by atoms with Crippen molar-refractivity contribution in [2.24, 2.45) is 0 Å². The number of ether oxygens (including phenoxy) is 1. The van der Waals surface area contributed by atoms with Gasteiger partial charge in [0.15, 0.2) is 0 Å². The van der Waals surface area contributed by atoms with Crippen LogP contribution in [0.5, 0.6) is 0 Å². The molecule has 4 nitrogen and oxygen atoms in total. The summed E-state index contributed by atoms with van der Waals surface area (Å²) >= 11 is 0. The van der Waals surface area contributed by atoms with Crippen LogP contribution in [-0.4, -0.2) is 31.6 Å². The summed E-state index contributed by atoms with van der Waals surface area (Å²) in [6.07, 6.45) is 2.75. The molecule has 0 rings (SSSR count). The molecular weight excluding hydrogens is 192 g/mol. The van der Waals surface area contributed by atoms with Crippen LogP contribution in [0, 0.1) is 0 Å². The largest absolute Gasteiger partial charge is 0.502 e. The number of hydrogen-bond acceptors (Lipinski definition) is 3. The van der Waals surface area contributed by atoms with Crippen LogP contribution in [0.2, 0.25) is 0 Å². The molecule has 0 unspecified atom stereocenters. The molecule has 88 valence electrons. The van der Waals surface area contributed by atoms with Gasteiger partial charge in [-0.15, -0.1) is 0 Å². The van der Waals surface area contributed by atoms with Gasteiger partial charge in [-0.05, 0) is 6.42 Å². The van der Waals surface area contributed by atoms with Crippen LogP contribution in [0.15, 0.2) is 12.8 Å². The molecule has 0 bridgehead atoms. The minimum atomic E-state index is 0.0850. The van der Waals surface area contributed by atoms with Gasteiger partial charge in [-0.25, -0.2) is 0 Å². The molecule has 0 saturated carbocycles. The van der Waals surface area contributed by atoms with Crippen LogP contribution in [-0.2, 0) is 9.53 Å². The lowest BCUT2D eigenvalue weighted by Crippen LogP contribution is -2.31. The summed E-state index contributed by atoms with van der Waals surface area (Å²) in [5.74, 6) is 0.0850. The van der Waals surface area contributed by atoms with Gasteiger partial charge in [-0.3, -0.25) is 4.79 Å². The molecule has 0 aliphatic heterocycles. The van der Waals surface area contributed by atoms with Gasteiger partial charge >= 0.3 is 0 Å². The van der Waals surface area contributed by atoms with E-state index in [1.165, 1.54) is 6.26 Å². The van der Waals surface area contributed by atoms with Crippen molar-refractivity contribution in [1.82, 2.24) is 10.6 Å². The van der Waals surface area contributed by atoms with Crippen molar-refractivity contribution in [2.75, 3.05) is 19.7 Å². The average molecular weight is 214 g/mol. The van der Waals surface area contributed by atoms with Crippen molar-refractivity contribution in [3.05, 3.63) is 12.8 Å². The van der Waals surface area contributed by atoms with Crippen molar-refractivity contribution >= 4 is 5.91 Å². The molecule has 0 saturated heterocycles. The third kappa shape index (κ3) is 10.9. The number of carbonyl (C=O) groups is 1. The highest BCUT2D eigenvalue weighted by molar-refractivity contribution is 5.75. The van der Waals surface area contributed by atoms with Crippen molar-refractivity contribution in [3.63, 3.8) is 0 Å². The van der Waals surface area contributed by atoms with Crippen LogP contribution < -0.4 is 10.6 Å². The standard InChI is InChI=1S/C11H22N2O2/c1-4-15-9-5-7-13-11(14)6-8-12-10(2)3/h4,10,12H,1,5-9H2,2-3H3,(H,13,14). The minimum Gasteiger partial charge on any atom is -0.502 e. The van der Waals surface area contributed by atoms with Crippen molar-refractivity contribution in [1.29, 1.82) is 0 Å². The molecule has 2 N–H and O–H groups in total. The first-order chi connectivity index (χ1) is 7.16. The molecular formula is C11H22N2O2. The van der Waals surface area contributed by atoms with E-state index < -0.39 is 0 Å². The number of amides is 1. The molecule has 0 heterocycles. The van der Waals surface area contributed by atoms with E-state index in [0.717, 1.165) is 13.0 Å². The Morgan fingerprint density at radius 1 is 1.47 bits per heavy atom. The fourth-order valence-corrected chi connectivity index (χ4v) is 1.03. The molecule has 0 radical (unpaired) electrons. The number of nitrogens with one attached hydrogen (secondary N) is 2. The highest BCUT2D eigenvalue weighted by Gasteiger charge is 2.00. The smallest absolute Gasteiger partial charge is 0.221 e. The highest BCUT2D eigenvalue weighted by atomic mass is 16.5. The van der Waals surface area contributed by atoms with Crippen LogP contribution in [0.1, 0.15) is 26.7 Å². The first kappa shape index (κ1) is 14.0. The Hall–Kier alpha value is -1.03. The second-order valence-corrected chi connectivity index (χ2v) is 3.60. The van der Waals surface area contributed by atoms with Gasteiger partial charge in [0.1, 0.15) is 0 Å². The van der Waals surface area contributed by atoms with Gasteiger partial charge < -0.3 is 15.4 Å². The van der Waals surface area contributed by atoms with Gasteiger partial charge in [0.25, 0.3) is 0 Å². The van der Waals surface area contributed by atoms with Crippen LogP contribution in [0.3, 0.4) is 0 Å². The third-order valence-corrected chi connectivity index (χ3v) is 1.78. The second-order valence-electron chi connectivity index (χ2n) is 3.60. The maximum absolute atomic E-state index is 11.2. The normalized spacial score (nSPS) is 10.1. The predicted octanol–water partition coefficient (Wildman–Crippen LogP) is 1.04. The molecule has 0 aromatic carbocycles. The number of rotatable bonds is 9. The molecule has 0 spiro atoms. The SMILES string of the molecule is C=COCCCNC(=O)CCNC(C)C. The van der Waals surface area contributed by atoms with Gasteiger partial charge in [-0.1, -0.05) is 20.4 Å². The summed E-state index contributed by atoms with van der Waals surface area (Å²) in [6.45, 7) is 9.55. The minimum absolute atomic E-state index is 0.0850. The predicted molar refractivity (Wildman–Crippen MR) is 61.5 cm³/mol. The molecule has 0 fully saturated rings. The van der Waals surface area contributed by atoms with Gasteiger partial charge in [0.2, 0.25) is 5.91 Å². The zero-order valence-corrected chi connectivity index (χ0v) is 9.71. The lowest BCUT2D eigenvalue weighted by Gasteiger charge is -2.08. The Kier molecular flexibility index (Phi) is 8.87. The van der Waals surface area contributed by atoms with Crippen LogP contribution >= 0.6 is 0 Å². The van der Waals surface area contributed by atoms with Gasteiger partial charge in [-0.2, -0.15) is 0 Å². The molecule has 0 aromatic rings. The monoisotopic (exact) mass is 214 g/mol. The Morgan fingerprint density at radius 3 is 2.80 bits per heavy atom. The van der Waals surface area contributed by atoms with E-state index in [2.05, 4.69) is 31.1 Å². The molecule has 15 heavy (non-hydrogen) atoms. The lowest BCUT2D eigenvalue weighted by molar-refractivity contribution is -0.121. The van der Waals surface area contributed by atoms with E-state index >= 15 is 0 Å². The van der Waals surface area contributed by atoms with E-state index in [9.17, 15) is 4.79 Å². The van der Waals surface area contributed by atoms with E-state index in [-0.39, 0.29) is 5.91 Å². The maximum Gasteiger partial charge on any atom is 0.221 e. The molecule has 4 heteroatoms. The molecule has 0 aromatic heterocycles. The Balaban J connectivity index is 3.22. The zero-order chi connectivity index (χ0) is 11.5. The summed E-state index contributed by atoms with van der Waals surface area (Å²) in [7, 11) is 0. The highest BCUT2D eigenvalue weighted by Crippen LogP contribution is 1.84. The summed E-state index contributed by atoms with van der Waals surface area (Å²) in [4.78, 5) is 11.2. The van der Waals surface area contributed by atoms with E-state index in [1.807, 2.05) is 0 Å².